The average molecular weight is 236 g/mol. The molecular formula is C14H24N2O. The quantitative estimate of drug-likeness (QED) is 0.821. The molecule has 1 heterocycles. The van der Waals surface area contributed by atoms with Gasteiger partial charge in [0.2, 0.25) is 0 Å². The molecule has 0 amide bonds. The maximum atomic E-state index is 9.61. The molecule has 0 bridgehead atoms. The molecule has 3 heteroatoms. The minimum absolute atomic E-state index is 0.142. The highest BCUT2D eigenvalue weighted by Gasteiger charge is 2.30. The first-order valence-electron chi connectivity index (χ1n) is 6.68. The highest BCUT2D eigenvalue weighted by Crippen LogP contribution is 2.35. The van der Waals surface area contributed by atoms with Gasteiger partial charge in [-0.1, -0.05) is 19.3 Å². The Hall–Kier alpha value is -0.800. The molecular weight excluding hydrogens is 212 g/mol. The van der Waals surface area contributed by atoms with E-state index in [0.29, 0.717) is 6.61 Å². The summed E-state index contributed by atoms with van der Waals surface area (Å²) in [6, 6.07) is 4.21. The van der Waals surface area contributed by atoms with Crippen LogP contribution in [0.2, 0.25) is 0 Å². The molecule has 1 aromatic rings. The predicted octanol–water partition coefficient (Wildman–Crippen LogP) is 2.06. The molecule has 0 radical (unpaired) electrons. The van der Waals surface area contributed by atoms with Gasteiger partial charge < -0.3 is 15.0 Å². The Bertz CT molecular complexity index is 340. The fourth-order valence-electron chi connectivity index (χ4n) is 2.83. The molecule has 1 aliphatic rings. The molecule has 2 N–H and O–H groups in total. The highest BCUT2D eigenvalue weighted by atomic mass is 16.3. The predicted molar refractivity (Wildman–Crippen MR) is 69.7 cm³/mol. The maximum Gasteiger partial charge on any atom is 0.0499 e. The Labute approximate surface area is 104 Å². The van der Waals surface area contributed by atoms with Crippen LogP contribution in [0.1, 0.15) is 37.8 Å². The monoisotopic (exact) mass is 236 g/mol. The van der Waals surface area contributed by atoms with Crippen molar-refractivity contribution in [2.24, 2.45) is 12.5 Å². The van der Waals surface area contributed by atoms with Crippen molar-refractivity contribution >= 4 is 0 Å². The van der Waals surface area contributed by atoms with Gasteiger partial charge in [0, 0.05) is 44.0 Å². The molecule has 3 nitrogen and oxygen atoms in total. The van der Waals surface area contributed by atoms with Gasteiger partial charge in [0.1, 0.15) is 0 Å². The number of aromatic nitrogens is 1. The Morgan fingerprint density at radius 3 is 2.71 bits per heavy atom. The molecule has 1 aromatic heterocycles. The fourth-order valence-corrected chi connectivity index (χ4v) is 2.83. The molecule has 1 fully saturated rings. The zero-order valence-electron chi connectivity index (χ0n) is 10.8. The summed E-state index contributed by atoms with van der Waals surface area (Å²) in [6.07, 6.45) is 8.28. The van der Waals surface area contributed by atoms with Crippen LogP contribution in [0.25, 0.3) is 0 Å². The molecule has 0 unspecified atom stereocenters. The highest BCUT2D eigenvalue weighted by molar-refractivity contribution is 5.06. The van der Waals surface area contributed by atoms with E-state index in [1.165, 1.54) is 37.8 Å². The topological polar surface area (TPSA) is 37.2 Å². The lowest BCUT2D eigenvalue weighted by molar-refractivity contribution is 0.0809. The zero-order valence-corrected chi connectivity index (χ0v) is 10.8. The van der Waals surface area contributed by atoms with Gasteiger partial charge in [0.15, 0.2) is 0 Å². The first-order valence-corrected chi connectivity index (χ1v) is 6.68. The van der Waals surface area contributed by atoms with Crippen molar-refractivity contribution in [3.63, 3.8) is 0 Å². The Morgan fingerprint density at radius 2 is 2.12 bits per heavy atom. The van der Waals surface area contributed by atoms with Crippen molar-refractivity contribution in [3.05, 3.63) is 24.0 Å². The lowest BCUT2D eigenvalue weighted by Gasteiger charge is -2.35. The molecule has 96 valence electrons. The first-order chi connectivity index (χ1) is 8.26. The summed E-state index contributed by atoms with van der Waals surface area (Å²) in [4.78, 5) is 0. The van der Waals surface area contributed by atoms with Crippen LogP contribution in [0.3, 0.4) is 0 Å². The summed E-state index contributed by atoms with van der Waals surface area (Å²) < 4.78 is 2.14. The van der Waals surface area contributed by atoms with Crippen LogP contribution in [-0.2, 0) is 13.6 Å². The van der Waals surface area contributed by atoms with Gasteiger partial charge in [-0.25, -0.2) is 0 Å². The minimum Gasteiger partial charge on any atom is -0.396 e. The van der Waals surface area contributed by atoms with Crippen molar-refractivity contribution in [1.82, 2.24) is 9.88 Å². The molecule has 0 atom stereocenters. The van der Waals surface area contributed by atoms with Crippen LogP contribution in [0.15, 0.2) is 18.3 Å². The second-order valence-corrected chi connectivity index (χ2v) is 5.43. The lowest BCUT2D eigenvalue weighted by atomic mass is 9.74. The van der Waals surface area contributed by atoms with Gasteiger partial charge in [0.25, 0.3) is 0 Å². The van der Waals surface area contributed by atoms with E-state index in [9.17, 15) is 5.11 Å². The largest absolute Gasteiger partial charge is 0.396 e. The zero-order chi connectivity index (χ0) is 12.1. The summed E-state index contributed by atoms with van der Waals surface area (Å²) in [5.41, 5.74) is 1.44. The molecule has 0 aromatic carbocycles. The number of aliphatic hydroxyl groups is 1. The summed E-state index contributed by atoms with van der Waals surface area (Å²) in [5, 5.41) is 13.1. The number of aliphatic hydroxyl groups excluding tert-OH is 1. The minimum atomic E-state index is 0.142. The summed E-state index contributed by atoms with van der Waals surface area (Å²) >= 11 is 0. The Balaban J connectivity index is 1.82. The van der Waals surface area contributed by atoms with E-state index in [4.69, 9.17) is 0 Å². The van der Waals surface area contributed by atoms with E-state index in [2.05, 4.69) is 35.3 Å². The van der Waals surface area contributed by atoms with Crippen molar-refractivity contribution in [1.29, 1.82) is 0 Å². The number of nitrogens with zero attached hydrogens (tertiary/aromatic N) is 1. The van der Waals surface area contributed by atoms with E-state index in [1.54, 1.807) is 0 Å². The lowest BCUT2D eigenvalue weighted by Crippen LogP contribution is -2.39. The molecule has 0 spiro atoms. The number of nitrogens with one attached hydrogen (secondary N) is 1. The molecule has 2 rings (SSSR count). The first kappa shape index (κ1) is 12.7. The third kappa shape index (κ3) is 3.11. The van der Waals surface area contributed by atoms with Crippen LogP contribution in [0.5, 0.6) is 0 Å². The van der Waals surface area contributed by atoms with Crippen LogP contribution in [0.4, 0.5) is 0 Å². The van der Waals surface area contributed by atoms with E-state index in [1.807, 2.05) is 0 Å². The fraction of sp³-hybridized carbons (Fsp3) is 0.714. The van der Waals surface area contributed by atoms with E-state index in [0.717, 1.165) is 13.1 Å². The van der Waals surface area contributed by atoms with Gasteiger partial charge in [-0.3, -0.25) is 0 Å². The van der Waals surface area contributed by atoms with E-state index < -0.39 is 0 Å². The molecule has 0 saturated heterocycles. The molecule has 17 heavy (non-hydrogen) atoms. The van der Waals surface area contributed by atoms with Crippen molar-refractivity contribution in [2.45, 2.75) is 38.6 Å². The van der Waals surface area contributed by atoms with E-state index >= 15 is 0 Å². The number of hydrogen-bond donors (Lipinski definition) is 2. The van der Waals surface area contributed by atoms with Crippen molar-refractivity contribution < 1.29 is 5.11 Å². The Kier molecular flexibility index (Phi) is 4.24. The summed E-state index contributed by atoms with van der Waals surface area (Å²) in [6.45, 7) is 2.16. The van der Waals surface area contributed by atoms with Gasteiger partial charge >= 0.3 is 0 Å². The third-order valence-corrected chi connectivity index (χ3v) is 4.11. The number of aryl methyl sites for hydroxylation is 1. The maximum absolute atomic E-state index is 9.61. The SMILES string of the molecule is Cn1cccc1CNCC1(CO)CCCCC1. The van der Waals surface area contributed by atoms with E-state index in [-0.39, 0.29) is 5.41 Å². The third-order valence-electron chi connectivity index (χ3n) is 4.11. The molecule has 0 aliphatic heterocycles. The second-order valence-electron chi connectivity index (χ2n) is 5.43. The molecule has 1 aliphatic carbocycles. The summed E-state index contributed by atoms with van der Waals surface area (Å²) in [5.74, 6) is 0. The van der Waals surface area contributed by atoms with Gasteiger partial charge in [0.05, 0.1) is 0 Å². The standard InChI is InChI=1S/C14H24N2O/c1-16-9-5-6-13(16)10-15-11-14(12-17)7-3-2-4-8-14/h5-6,9,15,17H,2-4,7-8,10-12H2,1H3. The van der Waals surface area contributed by atoms with Gasteiger partial charge in [-0.15, -0.1) is 0 Å². The van der Waals surface area contributed by atoms with Crippen molar-refractivity contribution in [3.8, 4) is 0 Å². The van der Waals surface area contributed by atoms with Gasteiger partial charge in [-0.05, 0) is 25.0 Å². The van der Waals surface area contributed by atoms with Crippen LogP contribution in [-0.4, -0.2) is 22.8 Å². The number of rotatable bonds is 5. The normalized spacial score (nSPS) is 19.4. The van der Waals surface area contributed by atoms with Crippen LogP contribution < -0.4 is 5.32 Å². The van der Waals surface area contributed by atoms with Gasteiger partial charge in [-0.2, -0.15) is 0 Å². The van der Waals surface area contributed by atoms with Crippen LogP contribution >= 0.6 is 0 Å². The molecule has 1 saturated carbocycles. The van der Waals surface area contributed by atoms with Crippen LogP contribution in [0, 0.1) is 5.41 Å². The Morgan fingerprint density at radius 1 is 1.35 bits per heavy atom. The second kappa shape index (κ2) is 5.69. The average Bonchev–Trinajstić information content (AvgIpc) is 2.76. The smallest absolute Gasteiger partial charge is 0.0499 e. The summed E-state index contributed by atoms with van der Waals surface area (Å²) in [7, 11) is 2.07. The number of hydrogen-bond acceptors (Lipinski definition) is 2. The van der Waals surface area contributed by atoms with Crippen molar-refractivity contribution in [2.75, 3.05) is 13.2 Å².